The second kappa shape index (κ2) is 56.3. The molecule has 3 fully saturated rings. The molecule has 0 aromatic heterocycles. The highest BCUT2D eigenvalue weighted by Gasteiger charge is 2.48. The molecule has 122 heavy (non-hydrogen) atoms. The van der Waals surface area contributed by atoms with Crippen LogP contribution < -0.4 is 58.1 Å². The quantitative estimate of drug-likeness (QED) is 0.0223. The number of carbonyl (C=O) groups is 11. The van der Waals surface area contributed by atoms with E-state index in [1.807, 2.05) is 48.5 Å². The van der Waals surface area contributed by atoms with Crippen molar-refractivity contribution in [2.24, 2.45) is 0 Å². The predicted molar refractivity (Wildman–Crippen MR) is 433 cm³/mol. The molecule has 4 aliphatic rings. The van der Waals surface area contributed by atoms with Gasteiger partial charge < -0.3 is 147 Å². The van der Waals surface area contributed by atoms with Crippen molar-refractivity contribution in [1.29, 1.82) is 0 Å². The number of nitrogens with zero attached hydrogens (tertiary/aromatic N) is 1. The third kappa shape index (κ3) is 37.1. The first-order valence-electron chi connectivity index (χ1n) is 41.9. The summed E-state index contributed by atoms with van der Waals surface area (Å²) < 4.78 is 51.9. The van der Waals surface area contributed by atoms with Crippen LogP contribution in [0.5, 0.6) is 0 Å². The van der Waals surface area contributed by atoms with Gasteiger partial charge in [-0.05, 0) is 101 Å². The number of ether oxygens (including phenoxy) is 9. The zero-order valence-electron chi connectivity index (χ0n) is 69.8. The second-order valence-electron chi connectivity index (χ2n) is 30.3. The number of aliphatic hydroxyl groups excluding tert-OH is 9. The SMILES string of the molecule is CC(=O)N[C@H]1[C@H](OCCCCC(=O)NCCCNC(=O)CCOCC(COCCC(=O)NCCCCNC(=O)CCCCOC2O[C@H](CO)[C@H](O)[C@H](O)[C@H]2NC(C)=O)(COCCC(=O)NCCCNC(=O)CCCCOC2O[C@H](CO)[C@H](O)[C@H](O)[C@H]2NC(C)=O)NC(=O)CCCCC(=O)N2Cc3ccccc3C#Cc3ccccc32)O[C@H](O)[C@H](O)[C@@H]1O. The fraction of sp³-hybridized carbons (Fsp3) is 0.695. The van der Waals surface area contributed by atoms with Crippen molar-refractivity contribution in [3.8, 4) is 11.8 Å². The third-order valence-electron chi connectivity index (χ3n) is 20.1. The predicted octanol–water partition coefficient (Wildman–Crippen LogP) is -3.82. The van der Waals surface area contributed by atoms with E-state index >= 15 is 0 Å². The topological polar surface area (TPSA) is 576 Å². The van der Waals surface area contributed by atoms with E-state index in [2.05, 4.69) is 65.0 Å². The molecule has 6 rings (SSSR count). The van der Waals surface area contributed by atoms with Gasteiger partial charge in [0.25, 0.3) is 0 Å². The Hall–Kier alpha value is -8.55. The van der Waals surface area contributed by atoms with Gasteiger partial charge in [-0.2, -0.15) is 0 Å². The number of para-hydroxylation sites is 1. The van der Waals surface area contributed by atoms with E-state index in [1.165, 1.54) is 20.8 Å². The molecule has 0 aliphatic carbocycles. The number of hydrogen-bond acceptors (Lipinski definition) is 29. The molecular weight excluding hydrogens is 1600 g/mol. The molecule has 16 atom stereocenters. The Balaban J connectivity index is 1.00. The Kier molecular flexibility index (Phi) is 47.2. The Labute approximate surface area is 709 Å². The van der Waals surface area contributed by atoms with Gasteiger partial charge in [0.05, 0.1) is 65.1 Å². The molecule has 2 aromatic rings. The first-order chi connectivity index (χ1) is 58.6. The Bertz CT molecular complexity index is 3650. The average Bonchev–Trinajstić information content (AvgIpc) is 0.828. The van der Waals surface area contributed by atoms with Gasteiger partial charge in [-0.3, -0.25) is 52.7 Å². The number of unbranched alkanes of at least 4 members (excludes halogenated alkanes) is 5. The third-order valence-corrected chi connectivity index (χ3v) is 20.1. The smallest absolute Gasteiger partial charge is 0.227 e. The lowest BCUT2D eigenvalue weighted by atomic mass is 9.97. The maximum Gasteiger partial charge on any atom is 0.227 e. The van der Waals surface area contributed by atoms with E-state index in [-0.39, 0.29) is 186 Å². The summed E-state index contributed by atoms with van der Waals surface area (Å²) in [5.41, 5.74) is 1.51. The second-order valence-corrected chi connectivity index (χ2v) is 30.3. The van der Waals surface area contributed by atoms with Crippen molar-refractivity contribution in [2.45, 2.75) is 253 Å². The number of benzene rings is 2. The lowest BCUT2D eigenvalue weighted by molar-refractivity contribution is -0.315. The van der Waals surface area contributed by atoms with Crippen LogP contribution in [-0.4, -0.2) is 321 Å². The molecule has 0 saturated carbocycles. The number of anilines is 1. The van der Waals surface area contributed by atoms with Gasteiger partial charge in [0.15, 0.2) is 25.2 Å². The van der Waals surface area contributed by atoms with Crippen LogP contribution in [0, 0.1) is 11.8 Å². The summed E-state index contributed by atoms with van der Waals surface area (Å²) >= 11 is 0. The maximum absolute atomic E-state index is 14.3. The molecule has 40 nitrogen and oxygen atoms in total. The summed E-state index contributed by atoms with van der Waals surface area (Å²) in [4.78, 5) is 143. The summed E-state index contributed by atoms with van der Waals surface area (Å²) in [5.74, 6) is 2.35. The van der Waals surface area contributed by atoms with E-state index in [9.17, 15) is 98.7 Å². The summed E-state index contributed by atoms with van der Waals surface area (Å²) in [7, 11) is 0. The molecule has 3 saturated heterocycles. The number of rotatable bonds is 57. The lowest BCUT2D eigenvalue weighted by Gasteiger charge is -2.42. The monoisotopic (exact) mass is 1730 g/mol. The number of nitrogens with one attached hydrogen (secondary N) is 10. The largest absolute Gasteiger partial charge is 0.394 e. The average molecular weight is 1730 g/mol. The van der Waals surface area contributed by atoms with E-state index < -0.39 is 146 Å². The van der Waals surface area contributed by atoms with Gasteiger partial charge in [-0.15, -0.1) is 0 Å². The lowest BCUT2D eigenvalue weighted by Crippen LogP contribution is -2.64. The highest BCUT2D eigenvalue weighted by molar-refractivity contribution is 5.95. The zero-order valence-corrected chi connectivity index (χ0v) is 69.8. The van der Waals surface area contributed by atoms with Crippen LogP contribution in [0.1, 0.15) is 166 Å². The first kappa shape index (κ1) is 102. The molecular formula is C82H127N11O29. The van der Waals surface area contributed by atoms with Gasteiger partial charge >= 0.3 is 0 Å². The summed E-state index contributed by atoms with van der Waals surface area (Å²) in [5, 5.41) is 118. The van der Waals surface area contributed by atoms with Crippen molar-refractivity contribution in [3.63, 3.8) is 0 Å². The number of fused-ring (bicyclic) bond motifs is 2. The molecule has 4 heterocycles. The van der Waals surface area contributed by atoms with Crippen LogP contribution in [0.15, 0.2) is 48.5 Å². The molecule has 684 valence electrons. The minimum atomic E-state index is -1.75. The molecule has 0 bridgehead atoms. The molecule has 0 radical (unpaired) electrons. The minimum Gasteiger partial charge on any atom is -0.394 e. The highest BCUT2D eigenvalue weighted by atomic mass is 16.7. The molecule has 2 aromatic carbocycles. The summed E-state index contributed by atoms with van der Waals surface area (Å²) in [6.07, 6.45) is -12.0. The van der Waals surface area contributed by atoms with Gasteiger partial charge in [0, 0.05) is 142 Å². The normalized spacial score (nSPS) is 23.4. The minimum absolute atomic E-state index is 0.0355. The van der Waals surface area contributed by atoms with Crippen LogP contribution >= 0.6 is 0 Å². The molecule has 19 N–H and O–H groups in total. The van der Waals surface area contributed by atoms with Gasteiger partial charge in [0.2, 0.25) is 65.0 Å². The zero-order chi connectivity index (χ0) is 88.8. The molecule has 0 spiro atoms. The molecule has 11 amide bonds. The number of amides is 11. The van der Waals surface area contributed by atoms with Crippen molar-refractivity contribution in [3.05, 3.63) is 65.2 Å². The molecule has 40 heteroatoms. The fourth-order valence-corrected chi connectivity index (χ4v) is 13.5. The van der Waals surface area contributed by atoms with Crippen LogP contribution in [0.2, 0.25) is 0 Å². The van der Waals surface area contributed by atoms with Crippen LogP contribution in [0.4, 0.5) is 5.69 Å². The molecule has 4 aliphatic heterocycles. The maximum atomic E-state index is 14.3. The summed E-state index contributed by atoms with van der Waals surface area (Å²) in [6.45, 7) is 2.99. The van der Waals surface area contributed by atoms with E-state index in [4.69, 9.17) is 42.6 Å². The fourth-order valence-electron chi connectivity index (χ4n) is 13.5. The van der Waals surface area contributed by atoms with E-state index in [1.54, 1.807) is 4.90 Å². The van der Waals surface area contributed by atoms with Gasteiger partial charge in [-0.25, -0.2) is 0 Å². The number of carbonyl (C=O) groups excluding carboxylic acids is 11. The highest BCUT2D eigenvalue weighted by Crippen LogP contribution is 2.29. The van der Waals surface area contributed by atoms with Crippen molar-refractivity contribution in [1.82, 2.24) is 53.2 Å². The van der Waals surface area contributed by atoms with Crippen LogP contribution in [0.25, 0.3) is 0 Å². The number of hydrogen-bond donors (Lipinski definition) is 19. The first-order valence-corrected chi connectivity index (χ1v) is 41.9. The Morgan fingerprint density at radius 1 is 0.393 bits per heavy atom. The van der Waals surface area contributed by atoms with Crippen LogP contribution in [0.3, 0.4) is 0 Å². The van der Waals surface area contributed by atoms with E-state index in [0.717, 1.165) is 11.1 Å². The van der Waals surface area contributed by atoms with Gasteiger partial charge in [0.1, 0.15) is 72.5 Å². The van der Waals surface area contributed by atoms with Gasteiger partial charge in [-0.1, -0.05) is 42.2 Å². The van der Waals surface area contributed by atoms with Crippen molar-refractivity contribution >= 4 is 70.7 Å². The Morgan fingerprint density at radius 2 is 0.738 bits per heavy atom. The Morgan fingerprint density at radius 3 is 1.16 bits per heavy atom. The van der Waals surface area contributed by atoms with Crippen molar-refractivity contribution in [2.75, 3.05) is 117 Å². The number of aliphatic hydroxyl groups is 9. The molecule has 3 unspecified atom stereocenters. The summed E-state index contributed by atoms with van der Waals surface area (Å²) in [6, 6.07) is 11.6. The van der Waals surface area contributed by atoms with Crippen LogP contribution in [-0.2, 0) is 102 Å². The van der Waals surface area contributed by atoms with Crippen molar-refractivity contribution < 1.29 is 141 Å². The van der Waals surface area contributed by atoms with E-state index in [0.29, 0.717) is 88.4 Å². The standard InChI is InChI=1S/C82H127N11O29/c1-52(96)89-69-74(109)72(107)59(47-94)120-79(69)117-40-15-10-24-61(99)83-34-13-14-35-84-64(102)31-43-114-49-82(92-67(105)27-8-9-28-68(106)93-46-57-22-5-4-20-55(57)29-30-56-21-6-7-23-58(56)93,51-116-45-33-66(104)88-39-19-37-86-63(101)26-12-17-42-119-81-71(91-54(3)98)76(111)77(112)78(113)122-81)50-115-44-32-65(103)87-38-18-36-85-62(100)25-11-16-41-118-80-70(90-53(2)97)75(110)73(108)60(48-95)121-80/h4-7,20-23,59-60,69-81,94-95,107-113H,8-19,24-28,31-51H2,1-3H3,(H,83,99)(H,84,102)(H,85,100)(H,86,101)(H,87,103)(H,88,104)(H,89,96)(H,90,97)(H,91,98)(H,92,105)/t59-,60-,69-,70-,71-,72+,73+,74-,75-,76-,77-,78+,79?,80?,81-,82?/m1/s1.